The summed E-state index contributed by atoms with van der Waals surface area (Å²) in [5.41, 5.74) is -0.0504. The number of rotatable bonds is 4. The second-order valence-corrected chi connectivity index (χ2v) is 7.37. The van der Waals surface area contributed by atoms with E-state index in [4.69, 9.17) is 0 Å². The monoisotopic (exact) mass is 422 g/mol. The van der Waals surface area contributed by atoms with Crippen molar-refractivity contribution in [3.8, 4) is 0 Å². The molecule has 1 aliphatic heterocycles. The van der Waals surface area contributed by atoms with Gasteiger partial charge in [0.25, 0.3) is 0 Å². The van der Waals surface area contributed by atoms with Gasteiger partial charge < -0.3 is 9.67 Å². The molecule has 1 aliphatic rings. The number of benzene rings is 1. The van der Waals surface area contributed by atoms with Gasteiger partial charge >= 0.3 is 18.3 Å². The van der Waals surface area contributed by atoms with Crippen molar-refractivity contribution in [1.82, 2.24) is 9.47 Å². The number of nitrogens with zero attached hydrogens (tertiary/aromatic N) is 2. The van der Waals surface area contributed by atoms with Crippen molar-refractivity contribution in [3.63, 3.8) is 0 Å². The first-order chi connectivity index (χ1) is 13.4. The molecule has 2 heterocycles. The lowest BCUT2D eigenvalue weighted by atomic mass is 9.88. The van der Waals surface area contributed by atoms with Crippen molar-refractivity contribution in [1.29, 1.82) is 0 Å². The van der Waals surface area contributed by atoms with Crippen molar-refractivity contribution < 1.29 is 36.2 Å². The summed E-state index contributed by atoms with van der Waals surface area (Å²) in [4.78, 5) is 12.8. The van der Waals surface area contributed by atoms with Gasteiger partial charge in [-0.25, -0.2) is 4.79 Å². The van der Waals surface area contributed by atoms with Crippen molar-refractivity contribution in [3.05, 3.63) is 35.5 Å². The normalized spacial score (nSPS) is 18.3. The lowest BCUT2D eigenvalue weighted by Crippen LogP contribution is -2.44. The van der Waals surface area contributed by atoms with E-state index in [0.717, 1.165) is 9.47 Å². The zero-order valence-corrected chi connectivity index (χ0v) is 15.5. The number of carboxylic acids is 1. The Kier molecular flexibility index (Phi) is 5.59. The Balaban J connectivity index is 2.00. The number of halogens is 6. The molecule has 1 aromatic heterocycles. The van der Waals surface area contributed by atoms with Gasteiger partial charge in [0.15, 0.2) is 0 Å². The molecule has 1 fully saturated rings. The number of aromatic nitrogens is 1. The van der Waals surface area contributed by atoms with Crippen LogP contribution in [-0.4, -0.2) is 52.5 Å². The predicted octanol–water partition coefficient (Wildman–Crippen LogP) is 5.03. The summed E-state index contributed by atoms with van der Waals surface area (Å²) < 4.78 is 81.1. The minimum absolute atomic E-state index is 0.0150. The average molecular weight is 422 g/mol. The first kappa shape index (κ1) is 21.5. The Bertz CT molecular complexity index is 894. The molecule has 0 amide bonds. The van der Waals surface area contributed by atoms with Gasteiger partial charge in [-0.3, -0.25) is 4.90 Å². The third-order valence-corrected chi connectivity index (χ3v) is 5.47. The average Bonchev–Trinajstić information content (AvgIpc) is 2.87. The fourth-order valence-electron chi connectivity index (χ4n) is 4.32. The molecule has 1 aromatic carbocycles. The number of carbonyl (C=O) groups is 1. The van der Waals surface area contributed by atoms with Crippen LogP contribution < -0.4 is 0 Å². The number of fused-ring (bicyclic) bond motifs is 1. The van der Waals surface area contributed by atoms with E-state index in [2.05, 4.69) is 0 Å². The number of likely N-dealkylation sites (tertiary alicyclic amines) is 1. The zero-order chi connectivity index (χ0) is 21.6. The molecule has 0 bridgehead atoms. The van der Waals surface area contributed by atoms with Gasteiger partial charge in [-0.05, 0) is 44.8 Å². The number of alkyl halides is 6. The number of piperidine rings is 1. The second-order valence-electron chi connectivity index (χ2n) is 7.37. The van der Waals surface area contributed by atoms with E-state index in [1.165, 1.54) is 25.1 Å². The SMILES string of the molecule is Cc1c(C(=O)O)c2ccccc2n1[C@@H](C1CCN(CC(F)(F)F)CC1)C(F)(F)F. The Hall–Kier alpha value is -2.23. The van der Waals surface area contributed by atoms with Crippen molar-refractivity contribution in [2.24, 2.45) is 5.92 Å². The molecule has 10 heteroatoms. The summed E-state index contributed by atoms with van der Waals surface area (Å²) in [5.74, 6) is -2.27. The maximum absolute atomic E-state index is 14.1. The van der Waals surface area contributed by atoms with E-state index < -0.39 is 36.8 Å². The topological polar surface area (TPSA) is 45.5 Å². The molecule has 0 spiro atoms. The highest BCUT2D eigenvalue weighted by atomic mass is 19.4. The quantitative estimate of drug-likeness (QED) is 0.704. The lowest BCUT2D eigenvalue weighted by molar-refractivity contribution is -0.187. The largest absolute Gasteiger partial charge is 0.478 e. The molecule has 1 saturated heterocycles. The summed E-state index contributed by atoms with van der Waals surface area (Å²) in [7, 11) is 0. The van der Waals surface area contributed by atoms with Crippen molar-refractivity contribution in [2.45, 2.75) is 38.2 Å². The first-order valence-electron chi connectivity index (χ1n) is 9.09. The Morgan fingerprint density at radius 3 is 2.24 bits per heavy atom. The van der Waals surface area contributed by atoms with Gasteiger partial charge in [-0.2, -0.15) is 26.3 Å². The molecule has 2 aromatic rings. The number of aromatic carboxylic acids is 1. The molecule has 0 unspecified atom stereocenters. The molecule has 1 N–H and O–H groups in total. The van der Waals surface area contributed by atoms with Crippen LogP contribution in [0, 0.1) is 12.8 Å². The smallest absolute Gasteiger partial charge is 0.409 e. The number of carboxylic acid groups (broad SMARTS) is 1. The first-order valence-corrected chi connectivity index (χ1v) is 9.09. The van der Waals surface area contributed by atoms with Crippen LogP contribution in [0.4, 0.5) is 26.3 Å². The summed E-state index contributed by atoms with van der Waals surface area (Å²) >= 11 is 0. The van der Waals surface area contributed by atoms with Crippen LogP contribution in [0.1, 0.15) is 34.9 Å². The minimum atomic E-state index is -4.68. The highest BCUT2D eigenvalue weighted by Crippen LogP contribution is 2.44. The number of hydrogen-bond donors (Lipinski definition) is 1. The van der Waals surface area contributed by atoms with Gasteiger partial charge in [-0.15, -0.1) is 0 Å². The van der Waals surface area contributed by atoms with Crippen LogP contribution in [0.2, 0.25) is 0 Å². The van der Waals surface area contributed by atoms with Crippen LogP contribution in [0.3, 0.4) is 0 Å². The molecule has 160 valence electrons. The maximum Gasteiger partial charge on any atom is 0.409 e. The fraction of sp³-hybridized carbons (Fsp3) is 0.526. The molecule has 29 heavy (non-hydrogen) atoms. The second kappa shape index (κ2) is 7.55. The molecular formula is C19H20F6N2O2. The molecular weight excluding hydrogens is 402 g/mol. The van der Waals surface area contributed by atoms with Crippen LogP contribution in [0.25, 0.3) is 10.9 Å². The van der Waals surface area contributed by atoms with E-state index in [1.807, 2.05) is 0 Å². The number of hydrogen-bond acceptors (Lipinski definition) is 2. The van der Waals surface area contributed by atoms with E-state index in [0.29, 0.717) is 0 Å². The highest BCUT2D eigenvalue weighted by molar-refractivity contribution is 6.05. The Morgan fingerprint density at radius 2 is 1.72 bits per heavy atom. The summed E-state index contributed by atoms with van der Waals surface area (Å²) in [6.45, 7) is -0.00634. The minimum Gasteiger partial charge on any atom is -0.478 e. The summed E-state index contributed by atoms with van der Waals surface area (Å²) in [5, 5.41) is 9.72. The van der Waals surface area contributed by atoms with E-state index in [-0.39, 0.29) is 48.1 Å². The summed E-state index contributed by atoms with van der Waals surface area (Å²) in [6.07, 6.45) is -9.21. The standard InChI is InChI=1S/C19H20F6N2O2/c1-11-15(17(28)29)13-4-2-3-5-14(13)27(11)16(19(23,24)25)12-6-8-26(9-7-12)10-18(20,21)22/h2-5,12,16H,6-10H2,1H3,(H,28,29)/t16-/m0/s1. The van der Waals surface area contributed by atoms with Crippen LogP contribution in [0.5, 0.6) is 0 Å². The van der Waals surface area contributed by atoms with Gasteiger partial charge in [0.2, 0.25) is 0 Å². The molecule has 0 aliphatic carbocycles. The van der Waals surface area contributed by atoms with Crippen LogP contribution in [0.15, 0.2) is 24.3 Å². The molecule has 1 atom stereocenters. The maximum atomic E-state index is 14.1. The van der Waals surface area contributed by atoms with Crippen molar-refractivity contribution >= 4 is 16.9 Å². The fourth-order valence-corrected chi connectivity index (χ4v) is 4.32. The van der Waals surface area contributed by atoms with Gasteiger partial charge in [-0.1, -0.05) is 18.2 Å². The molecule has 4 nitrogen and oxygen atoms in total. The van der Waals surface area contributed by atoms with E-state index in [1.54, 1.807) is 6.07 Å². The Labute approximate surface area is 162 Å². The number of para-hydroxylation sites is 1. The van der Waals surface area contributed by atoms with Gasteiger partial charge in [0.1, 0.15) is 6.04 Å². The molecule has 3 rings (SSSR count). The molecule has 0 saturated carbocycles. The van der Waals surface area contributed by atoms with Gasteiger partial charge in [0.05, 0.1) is 12.1 Å². The van der Waals surface area contributed by atoms with Crippen LogP contribution >= 0.6 is 0 Å². The summed E-state index contributed by atoms with van der Waals surface area (Å²) in [6, 6.07) is 3.97. The van der Waals surface area contributed by atoms with Crippen LogP contribution in [-0.2, 0) is 0 Å². The predicted molar refractivity (Wildman–Crippen MR) is 93.9 cm³/mol. The highest BCUT2D eigenvalue weighted by Gasteiger charge is 2.48. The Morgan fingerprint density at radius 1 is 1.14 bits per heavy atom. The third kappa shape index (κ3) is 4.36. The van der Waals surface area contributed by atoms with E-state index in [9.17, 15) is 36.2 Å². The van der Waals surface area contributed by atoms with Crippen molar-refractivity contribution in [2.75, 3.05) is 19.6 Å². The third-order valence-electron chi connectivity index (χ3n) is 5.47. The zero-order valence-electron chi connectivity index (χ0n) is 15.5. The van der Waals surface area contributed by atoms with E-state index >= 15 is 0 Å². The molecule has 0 radical (unpaired) electrons. The lowest BCUT2D eigenvalue weighted by Gasteiger charge is -2.38. The van der Waals surface area contributed by atoms with Gasteiger partial charge in [0, 0.05) is 16.6 Å².